The van der Waals surface area contributed by atoms with Crippen LogP contribution in [-0.4, -0.2) is 26.3 Å². The van der Waals surface area contributed by atoms with Crippen LogP contribution in [0.4, 0.5) is 10.1 Å². The summed E-state index contributed by atoms with van der Waals surface area (Å²) in [5, 5.41) is 0. The monoisotopic (exact) mass is 238 g/mol. The number of benzene rings is 1. The van der Waals surface area contributed by atoms with Crippen LogP contribution in [0.1, 0.15) is 18.4 Å². The first-order chi connectivity index (χ1) is 8.22. The lowest BCUT2D eigenvalue weighted by Gasteiger charge is -2.25. The Morgan fingerprint density at radius 1 is 1.53 bits per heavy atom. The molecular formula is C13H19FN2O. The lowest BCUT2D eigenvalue weighted by Crippen LogP contribution is -2.30. The minimum atomic E-state index is -0.214. The van der Waals surface area contributed by atoms with Crippen LogP contribution >= 0.6 is 0 Å². The summed E-state index contributed by atoms with van der Waals surface area (Å²) in [5.74, 6) is -0.214. The van der Waals surface area contributed by atoms with Crippen molar-refractivity contribution in [3.8, 4) is 0 Å². The smallest absolute Gasteiger partial charge is 0.146 e. The van der Waals surface area contributed by atoms with Crippen LogP contribution in [0.15, 0.2) is 18.2 Å². The molecular weight excluding hydrogens is 219 g/mol. The molecule has 1 aliphatic rings. The molecule has 0 radical (unpaired) electrons. The standard InChI is InChI=1S/C13H19FN2O/c1-16(9-11-5-3-7-17-11)13-10(8-15)4-2-6-12(13)14/h2,4,6,11H,3,5,7-9,15H2,1H3. The molecule has 1 aromatic rings. The van der Waals surface area contributed by atoms with Gasteiger partial charge in [-0.3, -0.25) is 0 Å². The summed E-state index contributed by atoms with van der Waals surface area (Å²) in [5.41, 5.74) is 7.08. The molecule has 0 saturated carbocycles. The lowest BCUT2D eigenvalue weighted by atomic mass is 10.1. The van der Waals surface area contributed by atoms with Crippen molar-refractivity contribution in [2.45, 2.75) is 25.5 Å². The summed E-state index contributed by atoms with van der Waals surface area (Å²) in [7, 11) is 1.89. The average molecular weight is 238 g/mol. The Labute approximate surface area is 101 Å². The second kappa shape index (κ2) is 5.47. The van der Waals surface area contributed by atoms with E-state index >= 15 is 0 Å². The first kappa shape index (κ1) is 12.3. The van der Waals surface area contributed by atoms with E-state index in [4.69, 9.17) is 10.5 Å². The third-order valence-corrected chi connectivity index (χ3v) is 3.17. The third kappa shape index (κ3) is 2.76. The topological polar surface area (TPSA) is 38.5 Å². The number of halogens is 1. The second-order valence-electron chi connectivity index (χ2n) is 4.47. The lowest BCUT2D eigenvalue weighted by molar-refractivity contribution is 0.116. The van der Waals surface area contributed by atoms with Crippen LogP contribution in [-0.2, 0) is 11.3 Å². The molecule has 1 saturated heterocycles. The Morgan fingerprint density at radius 2 is 2.35 bits per heavy atom. The molecule has 3 nitrogen and oxygen atoms in total. The van der Waals surface area contributed by atoms with Crippen molar-refractivity contribution in [1.82, 2.24) is 0 Å². The highest BCUT2D eigenvalue weighted by atomic mass is 19.1. The predicted molar refractivity (Wildman–Crippen MR) is 66.5 cm³/mol. The van der Waals surface area contributed by atoms with E-state index in [1.165, 1.54) is 6.07 Å². The number of nitrogens with two attached hydrogens (primary N) is 1. The van der Waals surface area contributed by atoms with Crippen molar-refractivity contribution in [2.75, 3.05) is 25.1 Å². The number of hydrogen-bond donors (Lipinski definition) is 1. The van der Waals surface area contributed by atoms with E-state index in [-0.39, 0.29) is 11.9 Å². The van der Waals surface area contributed by atoms with E-state index in [0.29, 0.717) is 18.8 Å². The van der Waals surface area contributed by atoms with E-state index in [0.717, 1.165) is 25.0 Å². The SMILES string of the molecule is CN(CC1CCCO1)c1c(F)cccc1CN. The van der Waals surface area contributed by atoms with Crippen molar-refractivity contribution in [3.05, 3.63) is 29.6 Å². The van der Waals surface area contributed by atoms with Gasteiger partial charge >= 0.3 is 0 Å². The highest BCUT2D eigenvalue weighted by Crippen LogP contribution is 2.25. The highest BCUT2D eigenvalue weighted by Gasteiger charge is 2.20. The van der Waals surface area contributed by atoms with Gasteiger partial charge in [-0.25, -0.2) is 4.39 Å². The second-order valence-corrected chi connectivity index (χ2v) is 4.47. The van der Waals surface area contributed by atoms with Crippen LogP contribution in [0.2, 0.25) is 0 Å². The molecule has 0 amide bonds. The molecule has 0 spiro atoms. The summed E-state index contributed by atoms with van der Waals surface area (Å²) in [6.45, 7) is 1.89. The van der Waals surface area contributed by atoms with Gasteiger partial charge in [0.25, 0.3) is 0 Å². The van der Waals surface area contributed by atoms with Gasteiger partial charge in [0.15, 0.2) is 0 Å². The number of para-hydroxylation sites is 1. The number of ether oxygens (including phenoxy) is 1. The van der Waals surface area contributed by atoms with Crippen molar-refractivity contribution < 1.29 is 9.13 Å². The third-order valence-electron chi connectivity index (χ3n) is 3.17. The zero-order valence-electron chi connectivity index (χ0n) is 10.2. The normalized spacial score (nSPS) is 19.6. The van der Waals surface area contributed by atoms with E-state index in [2.05, 4.69) is 0 Å². The van der Waals surface area contributed by atoms with Crippen molar-refractivity contribution in [3.63, 3.8) is 0 Å². The van der Waals surface area contributed by atoms with Gasteiger partial charge in [-0.1, -0.05) is 12.1 Å². The minimum absolute atomic E-state index is 0.213. The van der Waals surface area contributed by atoms with Crippen molar-refractivity contribution in [2.24, 2.45) is 5.73 Å². The molecule has 94 valence electrons. The molecule has 2 N–H and O–H groups in total. The minimum Gasteiger partial charge on any atom is -0.376 e. The van der Waals surface area contributed by atoms with Crippen LogP contribution in [0, 0.1) is 5.82 Å². The molecule has 1 aliphatic heterocycles. The molecule has 17 heavy (non-hydrogen) atoms. The Kier molecular flexibility index (Phi) is 3.97. The van der Waals surface area contributed by atoms with Crippen LogP contribution in [0.3, 0.4) is 0 Å². The molecule has 2 rings (SSSR count). The Morgan fingerprint density at radius 3 is 3.00 bits per heavy atom. The fourth-order valence-electron chi connectivity index (χ4n) is 2.34. The fraction of sp³-hybridized carbons (Fsp3) is 0.538. The highest BCUT2D eigenvalue weighted by molar-refractivity contribution is 5.54. The van der Waals surface area contributed by atoms with Gasteiger partial charge in [0.05, 0.1) is 11.8 Å². The van der Waals surface area contributed by atoms with Crippen LogP contribution < -0.4 is 10.6 Å². The summed E-state index contributed by atoms with van der Waals surface area (Å²) in [6.07, 6.45) is 2.36. The Balaban J connectivity index is 2.14. The van der Waals surface area contributed by atoms with Gasteiger partial charge in [0, 0.05) is 26.7 Å². The molecule has 0 aliphatic carbocycles. The predicted octanol–water partition coefficient (Wildman–Crippen LogP) is 1.90. The van der Waals surface area contributed by atoms with Gasteiger partial charge < -0.3 is 15.4 Å². The van der Waals surface area contributed by atoms with Gasteiger partial charge in [-0.2, -0.15) is 0 Å². The van der Waals surface area contributed by atoms with Crippen molar-refractivity contribution >= 4 is 5.69 Å². The van der Waals surface area contributed by atoms with Gasteiger partial charge in [0.2, 0.25) is 0 Å². The van der Waals surface area contributed by atoms with E-state index in [9.17, 15) is 4.39 Å². The maximum atomic E-state index is 13.8. The zero-order chi connectivity index (χ0) is 12.3. The average Bonchev–Trinajstić information content (AvgIpc) is 2.81. The Bertz CT molecular complexity index is 378. The number of nitrogens with zero attached hydrogens (tertiary/aromatic N) is 1. The fourth-order valence-corrected chi connectivity index (χ4v) is 2.34. The number of anilines is 1. The quantitative estimate of drug-likeness (QED) is 0.870. The molecule has 1 aromatic carbocycles. The molecule has 0 aromatic heterocycles. The summed E-state index contributed by atoms with van der Waals surface area (Å²) < 4.78 is 19.4. The molecule has 4 heteroatoms. The summed E-state index contributed by atoms with van der Waals surface area (Å²) in [4.78, 5) is 1.91. The van der Waals surface area contributed by atoms with E-state index in [1.807, 2.05) is 18.0 Å². The largest absolute Gasteiger partial charge is 0.376 e. The van der Waals surface area contributed by atoms with Gasteiger partial charge in [-0.05, 0) is 24.5 Å². The number of likely N-dealkylation sites (N-methyl/N-ethyl adjacent to an activating group) is 1. The zero-order valence-corrected chi connectivity index (χ0v) is 10.2. The van der Waals surface area contributed by atoms with Crippen molar-refractivity contribution in [1.29, 1.82) is 0 Å². The number of hydrogen-bond acceptors (Lipinski definition) is 3. The molecule has 1 unspecified atom stereocenters. The maximum absolute atomic E-state index is 13.8. The van der Waals surface area contributed by atoms with Gasteiger partial charge in [0.1, 0.15) is 5.82 Å². The van der Waals surface area contributed by atoms with E-state index < -0.39 is 0 Å². The van der Waals surface area contributed by atoms with Gasteiger partial charge in [-0.15, -0.1) is 0 Å². The first-order valence-corrected chi connectivity index (χ1v) is 6.02. The Hall–Kier alpha value is -1.13. The molecule has 1 fully saturated rings. The van der Waals surface area contributed by atoms with Crippen LogP contribution in [0.5, 0.6) is 0 Å². The molecule has 0 bridgehead atoms. The molecule has 1 atom stereocenters. The van der Waals surface area contributed by atoms with E-state index in [1.54, 1.807) is 6.07 Å². The maximum Gasteiger partial charge on any atom is 0.146 e. The first-order valence-electron chi connectivity index (χ1n) is 6.02. The molecule has 1 heterocycles. The van der Waals surface area contributed by atoms with Crippen LogP contribution in [0.25, 0.3) is 0 Å². The number of rotatable bonds is 4. The summed E-state index contributed by atoms with van der Waals surface area (Å²) >= 11 is 0. The summed E-state index contributed by atoms with van der Waals surface area (Å²) in [6, 6.07) is 5.03.